The molecule has 0 radical (unpaired) electrons. The van der Waals surface area contributed by atoms with Crippen LogP contribution in [-0.2, 0) is 4.79 Å². The number of hydrogen-bond donors (Lipinski definition) is 3. The van der Waals surface area contributed by atoms with Crippen molar-refractivity contribution in [3.63, 3.8) is 0 Å². The number of benzene rings is 1. The Hall–Kier alpha value is -1.63. The van der Waals surface area contributed by atoms with Crippen LogP contribution in [0.3, 0.4) is 0 Å². The summed E-state index contributed by atoms with van der Waals surface area (Å²) >= 11 is 12.1. The highest BCUT2D eigenvalue weighted by atomic mass is 35.5. The number of nitrogens with zero attached hydrogens (tertiary/aromatic N) is 1. The number of carboxylic acid groups (broad SMARTS) is 1. The van der Waals surface area contributed by atoms with Gasteiger partial charge in [-0.3, -0.25) is 9.79 Å². The van der Waals surface area contributed by atoms with Crippen molar-refractivity contribution in [2.24, 2.45) is 4.99 Å². The Morgan fingerprint density at radius 1 is 1.07 bits per heavy atom. The van der Waals surface area contributed by atoms with Gasteiger partial charge in [0.1, 0.15) is 6.04 Å². The molecule has 0 fully saturated rings. The molecule has 6 nitrogen and oxygen atoms in total. The fraction of sp³-hybridized carbons (Fsp3) is 0.591. The summed E-state index contributed by atoms with van der Waals surface area (Å²) in [6.07, 6.45) is 8.94. The van der Waals surface area contributed by atoms with Gasteiger partial charge in [0.25, 0.3) is 5.91 Å². The molecule has 0 aromatic heterocycles. The normalized spacial score (nSPS) is 14.8. The Bertz CT molecular complexity index is 720. The second-order valence-corrected chi connectivity index (χ2v) is 8.41. The van der Waals surface area contributed by atoms with E-state index in [1.807, 2.05) is 0 Å². The standard InChI is InChI=1S/C22H31Cl2N3O3/c23-17-10-8-11-18(24)20(17)21(28)27-19(22(29)30)12-7-5-3-1-2-4-6-9-16-15-25-13-14-26-16/h8,10-11,19,25H,1-7,9,12-15H2,(H,27,28)(H,29,30)/t19-/m0/s1. The van der Waals surface area contributed by atoms with Crippen LogP contribution in [0.4, 0.5) is 0 Å². The van der Waals surface area contributed by atoms with E-state index >= 15 is 0 Å². The lowest BCUT2D eigenvalue weighted by Gasteiger charge is -2.15. The molecule has 0 unspecified atom stereocenters. The van der Waals surface area contributed by atoms with E-state index in [1.54, 1.807) is 18.2 Å². The summed E-state index contributed by atoms with van der Waals surface area (Å²) in [4.78, 5) is 28.4. The van der Waals surface area contributed by atoms with Crippen LogP contribution >= 0.6 is 23.2 Å². The van der Waals surface area contributed by atoms with Crippen LogP contribution in [0.25, 0.3) is 0 Å². The van der Waals surface area contributed by atoms with Gasteiger partial charge in [-0.15, -0.1) is 0 Å². The van der Waals surface area contributed by atoms with Crippen molar-refractivity contribution in [3.8, 4) is 0 Å². The van der Waals surface area contributed by atoms with Crippen molar-refractivity contribution < 1.29 is 14.7 Å². The van der Waals surface area contributed by atoms with Crippen molar-refractivity contribution in [1.29, 1.82) is 0 Å². The Kier molecular flexibility index (Phi) is 11.2. The van der Waals surface area contributed by atoms with Crippen LogP contribution in [0, 0.1) is 0 Å². The second-order valence-electron chi connectivity index (χ2n) is 7.60. The summed E-state index contributed by atoms with van der Waals surface area (Å²) in [6.45, 7) is 2.83. The molecule has 1 atom stereocenters. The molecule has 0 bridgehead atoms. The second kappa shape index (κ2) is 13.6. The zero-order valence-electron chi connectivity index (χ0n) is 17.3. The van der Waals surface area contributed by atoms with Gasteiger partial charge in [-0.05, 0) is 31.4 Å². The van der Waals surface area contributed by atoms with Gasteiger partial charge in [-0.2, -0.15) is 0 Å². The van der Waals surface area contributed by atoms with Gasteiger partial charge in [0.15, 0.2) is 0 Å². The van der Waals surface area contributed by atoms with E-state index < -0.39 is 17.9 Å². The van der Waals surface area contributed by atoms with E-state index in [0.717, 1.165) is 51.7 Å². The fourth-order valence-corrected chi connectivity index (χ4v) is 4.08. The fourth-order valence-electron chi connectivity index (χ4n) is 3.51. The number of rotatable bonds is 13. The van der Waals surface area contributed by atoms with Crippen molar-refractivity contribution in [1.82, 2.24) is 10.6 Å². The Morgan fingerprint density at radius 3 is 2.30 bits per heavy atom. The van der Waals surface area contributed by atoms with Gasteiger partial charge in [0.2, 0.25) is 0 Å². The van der Waals surface area contributed by atoms with E-state index in [2.05, 4.69) is 15.6 Å². The van der Waals surface area contributed by atoms with E-state index in [0.29, 0.717) is 6.42 Å². The van der Waals surface area contributed by atoms with Crippen LogP contribution in [0.2, 0.25) is 10.0 Å². The van der Waals surface area contributed by atoms with Gasteiger partial charge >= 0.3 is 5.97 Å². The lowest BCUT2D eigenvalue weighted by Crippen LogP contribution is -2.41. The predicted molar refractivity (Wildman–Crippen MR) is 122 cm³/mol. The molecule has 1 aromatic rings. The monoisotopic (exact) mass is 455 g/mol. The Labute approximate surface area is 188 Å². The molecular formula is C22H31Cl2N3O3. The summed E-state index contributed by atoms with van der Waals surface area (Å²) in [5.41, 5.74) is 1.41. The molecule has 0 saturated carbocycles. The number of hydrogen-bond acceptors (Lipinski definition) is 4. The topological polar surface area (TPSA) is 90.8 Å². The highest BCUT2D eigenvalue weighted by molar-refractivity contribution is 6.39. The van der Waals surface area contributed by atoms with Crippen molar-refractivity contribution >= 4 is 40.8 Å². The minimum Gasteiger partial charge on any atom is -0.480 e. The SMILES string of the molecule is O=C(N[C@@H](CCCCCCCCCC1=NCCNC1)C(=O)O)c1c(Cl)cccc1Cl. The smallest absolute Gasteiger partial charge is 0.326 e. The van der Waals surface area contributed by atoms with Crippen molar-refractivity contribution in [2.75, 3.05) is 19.6 Å². The third kappa shape index (κ3) is 8.62. The number of aliphatic imine (C=N–C) groups is 1. The van der Waals surface area contributed by atoms with E-state index in [9.17, 15) is 14.7 Å². The number of carbonyl (C=O) groups excluding carboxylic acids is 1. The molecule has 166 valence electrons. The van der Waals surface area contributed by atoms with Gasteiger partial charge in [0.05, 0.1) is 22.2 Å². The summed E-state index contributed by atoms with van der Waals surface area (Å²) in [5, 5.41) is 15.7. The highest BCUT2D eigenvalue weighted by Crippen LogP contribution is 2.24. The molecule has 1 amide bonds. The van der Waals surface area contributed by atoms with Crippen LogP contribution in [0.1, 0.15) is 68.1 Å². The predicted octanol–water partition coefficient (Wildman–Crippen LogP) is 4.73. The maximum Gasteiger partial charge on any atom is 0.326 e. The lowest BCUT2D eigenvalue weighted by atomic mass is 10.0. The number of amides is 1. The minimum absolute atomic E-state index is 0.113. The van der Waals surface area contributed by atoms with Gasteiger partial charge in [-0.25, -0.2) is 4.79 Å². The van der Waals surface area contributed by atoms with Gasteiger partial charge in [-0.1, -0.05) is 67.8 Å². The molecule has 0 aliphatic carbocycles. The number of carbonyl (C=O) groups is 2. The third-order valence-corrected chi connectivity index (χ3v) is 5.83. The zero-order chi connectivity index (χ0) is 21.8. The average Bonchev–Trinajstić information content (AvgIpc) is 2.72. The average molecular weight is 456 g/mol. The molecular weight excluding hydrogens is 425 g/mol. The Balaban J connectivity index is 1.60. The molecule has 1 heterocycles. The zero-order valence-corrected chi connectivity index (χ0v) is 18.8. The van der Waals surface area contributed by atoms with Crippen LogP contribution < -0.4 is 10.6 Å². The number of halogens is 2. The summed E-state index contributed by atoms with van der Waals surface area (Å²) in [6, 6.07) is 3.79. The summed E-state index contributed by atoms with van der Waals surface area (Å²) < 4.78 is 0. The molecule has 2 rings (SSSR count). The first-order chi connectivity index (χ1) is 14.5. The molecule has 30 heavy (non-hydrogen) atoms. The Morgan fingerprint density at radius 2 is 1.70 bits per heavy atom. The molecule has 8 heteroatoms. The first kappa shape index (κ1) is 24.6. The van der Waals surface area contributed by atoms with Gasteiger partial charge < -0.3 is 15.7 Å². The van der Waals surface area contributed by atoms with Crippen LogP contribution in [0.5, 0.6) is 0 Å². The largest absolute Gasteiger partial charge is 0.480 e. The maximum atomic E-state index is 12.4. The molecule has 0 saturated heterocycles. The van der Waals surface area contributed by atoms with Crippen LogP contribution in [0.15, 0.2) is 23.2 Å². The molecule has 1 aliphatic heterocycles. The highest BCUT2D eigenvalue weighted by Gasteiger charge is 2.22. The molecule has 1 aliphatic rings. The molecule has 1 aromatic carbocycles. The first-order valence-electron chi connectivity index (χ1n) is 10.7. The maximum absolute atomic E-state index is 12.4. The molecule has 0 spiro atoms. The van der Waals surface area contributed by atoms with Crippen LogP contribution in [-0.4, -0.2) is 48.4 Å². The number of carboxylic acids is 1. The lowest BCUT2D eigenvalue weighted by molar-refractivity contribution is -0.139. The number of aliphatic carboxylic acids is 1. The van der Waals surface area contributed by atoms with Crippen molar-refractivity contribution in [2.45, 2.75) is 63.8 Å². The number of unbranched alkanes of at least 4 members (excludes halogenated alkanes) is 6. The van der Waals surface area contributed by atoms with E-state index in [4.69, 9.17) is 23.2 Å². The van der Waals surface area contributed by atoms with Gasteiger partial charge in [0, 0.05) is 18.8 Å². The quantitative estimate of drug-likeness (QED) is 0.374. The minimum atomic E-state index is -1.05. The molecule has 3 N–H and O–H groups in total. The number of nitrogens with one attached hydrogen (secondary N) is 2. The first-order valence-corrected chi connectivity index (χ1v) is 11.4. The van der Waals surface area contributed by atoms with E-state index in [-0.39, 0.29) is 15.6 Å². The van der Waals surface area contributed by atoms with Crippen molar-refractivity contribution in [3.05, 3.63) is 33.8 Å². The third-order valence-electron chi connectivity index (χ3n) is 5.20. The summed E-state index contributed by atoms with van der Waals surface area (Å²) in [7, 11) is 0. The summed E-state index contributed by atoms with van der Waals surface area (Å²) in [5.74, 6) is -1.61. The van der Waals surface area contributed by atoms with E-state index in [1.165, 1.54) is 25.0 Å².